The van der Waals surface area contributed by atoms with Gasteiger partial charge in [-0.15, -0.1) is 12.4 Å². The monoisotopic (exact) mass is 392 g/mol. The summed E-state index contributed by atoms with van der Waals surface area (Å²) in [6.45, 7) is 4.31. The molecule has 2 aliphatic rings. The molecule has 1 fully saturated rings. The number of urea groups is 1. The Hall–Kier alpha value is -2.16. The molecule has 1 aromatic heterocycles. The molecule has 1 atom stereocenters. The molecular formula is C18H25ClN6O2. The van der Waals surface area contributed by atoms with Gasteiger partial charge >= 0.3 is 6.03 Å². The first-order valence-electron chi connectivity index (χ1n) is 9.03. The highest BCUT2D eigenvalue weighted by Crippen LogP contribution is 2.19. The van der Waals surface area contributed by atoms with Crippen molar-refractivity contribution in [1.29, 1.82) is 0 Å². The van der Waals surface area contributed by atoms with Gasteiger partial charge in [0.25, 0.3) is 0 Å². The molecule has 3 heterocycles. The number of aromatic nitrogens is 2. The standard InChI is InChI=1S/C18H24N6O2.ClH/c1-23-9-7-19-10-15(23)17-21-16(26-22-17)11-20-18(25)24-8-6-13-4-2-3-5-14(13)12-24;/h2-5,15,19H,6-12H2,1H3,(H,20,25);1H. The molecule has 2 N–H and O–H groups in total. The molecule has 4 rings (SSSR count). The van der Waals surface area contributed by atoms with Crippen molar-refractivity contribution in [1.82, 2.24) is 30.6 Å². The topological polar surface area (TPSA) is 86.5 Å². The zero-order valence-corrected chi connectivity index (χ0v) is 16.2. The second-order valence-corrected chi connectivity index (χ2v) is 6.85. The van der Waals surface area contributed by atoms with Crippen LogP contribution in [0.15, 0.2) is 28.8 Å². The Morgan fingerprint density at radius 2 is 2.15 bits per heavy atom. The van der Waals surface area contributed by atoms with Crippen LogP contribution in [0.5, 0.6) is 0 Å². The number of nitrogens with one attached hydrogen (secondary N) is 2. The minimum atomic E-state index is -0.101. The Morgan fingerprint density at radius 1 is 1.33 bits per heavy atom. The molecule has 1 saturated heterocycles. The zero-order chi connectivity index (χ0) is 17.9. The highest BCUT2D eigenvalue weighted by atomic mass is 35.5. The largest absolute Gasteiger partial charge is 0.337 e. The second kappa shape index (κ2) is 8.69. The first kappa shape index (κ1) is 19.6. The average Bonchev–Trinajstić information content (AvgIpc) is 3.15. The summed E-state index contributed by atoms with van der Waals surface area (Å²) in [7, 11) is 2.05. The molecule has 0 saturated carbocycles. The summed E-state index contributed by atoms with van der Waals surface area (Å²) < 4.78 is 5.31. The number of hydrogen-bond acceptors (Lipinski definition) is 6. The number of fused-ring (bicyclic) bond motifs is 1. The highest BCUT2D eigenvalue weighted by Gasteiger charge is 2.25. The van der Waals surface area contributed by atoms with Crippen molar-refractivity contribution in [2.24, 2.45) is 0 Å². The van der Waals surface area contributed by atoms with E-state index in [0.717, 1.165) is 32.6 Å². The molecule has 0 aliphatic carbocycles. The van der Waals surface area contributed by atoms with Crippen LogP contribution in [0.25, 0.3) is 0 Å². The van der Waals surface area contributed by atoms with Gasteiger partial charge in [-0.3, -0.25) is 4.90 Å². The number of halogens is 1. The van der Waals surface area contributed by atoms with Crippen LogP contribution in [0.1, 0.15) is 28.9 Å². The lowest BCUT2D eigenvalue weighted by atomic mass is 10.0. The molecule has 1 aromatic carbocycles. The van der Waals surface area contributed by atoms with E-state index in [-0.39, 0.29) is 31.0 Å². The average molecular weight is 393 g/mol. The smallest absolute Gasteiger partial charge is 0.318 e. The number of likely N-dealkylation sites (N-methyl/N-ethyl adjacent to an activating group) is 1. The van der Waals surface area contributed by atoms with Crippen LogP contribution in [0.2, 0.25) is 0 Å². The number of rotatable bonds is 3. The fraction of sp³-hybridized carbons (Fsp3) is 0.500. The fourth-order valence-corrected chi connectivity index (χ4v) is 3.50. The van der Waals surface area contributed by atoms with E-state index >= 15 is 0 Å². The summed E-state index contributed by atoms with van der Waals surface area (Å²) in [6, 6.07) is 8.26. The maximum Gasteiger partial charge on any atom is 0.318 e. The van der Waals surface area contributed by atoms with Crippen molar-refractivity contribution in [3.8, 4) is 0 Å². The van der Waals surface area contributed by atoms with Gasteiger partial charge in [0.1, 0.15) is 0 Å². The highest BCUT2D eigenvalue weighted by molar-refractivity contribution is 5.85. The summed E-state index contributed by atoms with van der Waals surface area (Å²) in [5, 5.41) is 10.3. The third kappa shape index (κ3) is 4.40. The Bertz CT molecular complexity index is 783. The van der Waals surface area contributed by atoms with Crippen molar-refractivity contribution in [3.63, 3.8) is 0 Å². The number of hydrogen-bond donors (Lipinski definition) is 2. The lowest BCUT2D eigenvalue weighted by Gasteiger charge is -2.30. The Morgan fingerprint density at radius 3 is 2.96 bits per heavy atom. The molecule has 27 heavy (non-hydrogen) atoms. The number of carbonyl (C=O) groups excluding carboxylic acids is 1. The minimum absolute atomic E-state index is 0. The van der Waals surface area contributed by atoms with Gasteiger partial charge in [0.2, 0.25) is 5.89 Å². The van der Waals surface area contributed by atoms with Crippen LogP contribution in [-0.2, 0) is 19.5 Å². The predicted molar refractivity (Wildman–Crippen MR) is 103 cm³/mol. The van der Waals surface area contributed by atoms with E-state index in [1.54, 1.807) is 0 Å². The van der Waals surface area contributed by atoms with E-state index in [1.165, 1.54) is 11.1 Å². The molecule has 0 radical (unpaired) electrons. The van der Waals surface area contributed by atoms with Crippen molar-refractivity contribution >= 4 is 18.4 Å². The molecular weight excluding hydrogens is 368 g/mol. The molecule has 0 spiro atoms. The SMILES string of the molecule is CN1CCNCC1c1noc(CNC(=O)N2CCc3ccccc3C2)n1.Cl. The van der Waals surface area contributed by atoms with Crippen LogP contribution < -0.4 is 10.6 Å². The van der Waals surface area contributed by atoms with Gasteiger partial charge in [0.05, 0.1) is 12.6 Å². The molecule has 9 heteroatoms. The molecule has 0 bridgehead atoms. The van der Waals surface area contributed by atoms with Gasteiger partial charge in [-0.05, 0) is 24.6 Å². The van der Waals surface area contributed by atoms with Gasteiger partial charge in [0, 0.05) is 32.7 Å². The number of amides is 2. The van der Waals surface area contributed by atoms with Gasteiger partial charge < -0.3 is 20.1 Å². The van der Waals surface area contributed by atoms with Crippen LogP contribution in [0, 0.1) is 0 Å². The molecule has 1 unspecified atom stereocenters. The van der Waals surface area contributed by atoms with Crippen LogP contribution in [0.4, 0.5) is 4.79 Å². The molecule has 2 aliphatic heterocycles. The maximum atomic E-state index is 12.4. The third-order valence-electron chi connectivity index (χ3n) is 5.10. The number of benzene rings is 1. The first-order valence-corrected chi connectivity index (χ1v) is 9.03. The summed E-state index contributed by atoms with van der Waals surface area (Å²) in [6.07, 6.45) is 0.884. The van der Waals surface area contributed by atoms with Crippen molar-refractivity contribution < 1.29 is 9.32 Å². The third-order valence-corrected chi connectivity index (χ3v) is 5.10. The lowest BCUT2D eigenvalue weighted by molar-refractivity contribution is 0.189. The molecule has 8 nitrogen and oxygen atoms in total. The second-order valence-electron chi connectivity index (χ2n) is 6.85. The van der Waals surface area contributed by atoms with E-state index in [9.17, 15) is 4.79 Å². The van der Waals surface area contributed by atoms with Crippen LogP contribution >= 0.6 is 12.4 Å². The normalized spacial score (nSPS) is 19.9. The predicted octanol–water partition coefficient (Wildman–Crippen LogP) is 1.34. The van der Waals surface area contributed by atoms with Crippen LogP contribution in [-0.4, -0.2) is 59.2 Å². The van der Waals surface area contributed by atoms with E-state index in [1.807, 2.05) is 17.0 Å². The fourth-order valence-electron chi connectivity index (χ4n) is 3.50. The van der Waals surface area contributed by atoms with Crippen molar-refractivity contribution in [3.05, 3.63) is 47.1 Å². The van der Waals surface area contributed by atoms with Gasteiger partial charge in [-0.2, -0.15) is 4.98 Å². The van der Waals surface area contributed by atoms with E-state index in [0.29, 0.717) is 18.3 Å². The number of carbonyl (C=O) groups is 1. The summed E-state index contributed by atoms with van der Waals surface area (Å²) >= 11 is 0. The van der Waals surface area contributed by atoms with Gasteiger partial charge in [0.15, 0.2) is 5.82 Å². The molecule has 2 amide bonds. The summed E-state index contributed by atoms with van der Waals surface area (Å²) in [4.78, 5) is 20.9. The van der Waals surface area contributed by atoms with Crippen LogP contribution in [0.3, 0.4) is 0 Å². The van der Waals surface area contributed by atoms with Gasteiger partial charge in [-0.25, -0.2) is 4.79 Å². The molecule has 146 valence electrons. The number of nitrogens with zero attached hydrogens (tertiary/aromatic N) is 4. The van der Waals surface area contributed by atoms with E-state index < -0.39 is 0 Å². The summed E-state index contributed by atoms with van der Waals surface area (Å²) in [5.74, 6) is 1.10. The van der Waals surface area contributed by atoms with E-state index in [4.69, 9.17) is 4.52 Å². The quantitative estimate of drug-likeness (QED) is 0.819. The minimum Gasteiger partial charge on any atom is -0.337 e. The van der Waals surface area contributed by atoms with Gasteiger partial charge in [-0.1, -0.05) is 29.4 Å². The number of piperazine rings is 1. The zero-order valence-electron chi connectivity index (χ0n) is 15.4. The Labute approximate surface area is 164 Å². The molecule has 2 aromatic rings. The Balaban J connectivity index is 0.00000210. The summed E-state index contributed by atoms with van der Waals surface area (Å²) in [5.41, 5.74) is 2.53. The first-order chi connectivity index (χ1) is 12.7. The van der Waals surface area contributed by atoms with E-state index in [2.05, 4.69) is 44.9 Å². The maximum absolute atomic E-state index is 12.4. The Kier molecular flexibility index (Phi) is 6.30. The van der Waals surface area contributed by atoms with Crippen molar-refractivity contribution in [2.45, 2.75) is 25.6 Å². The lowest BCUT2D eigenvalue weighted by Crippen LogP contribution is -2.44. The van der Waals surface area contributed by atoms with Crippen molar-refractivity contribution in [2.75, 3.05) is 33.2 Å².